The number of rotatable bonds is 3. The third kappa shape index (κ3) is 3.04. The topological polar surface area (TPSA) is 75.3 Å². The van der Waals surface area contributed by atoms with Gasteiger partial charge in [-0.3, -0.25) is 4.79 Å². The molecule has 0 saturated carbocycles. The fourth-order valence-corrected chi connectivity index (χ4v) is 1.91. The molecule has 1 amide bonds. The van der Waals surface area contributed by atoms with Gasteiger partial charge < -0.3 is 16.2 Å². The average molecular weight is 256 g/mol. The van der Waals surface area contributed by atoms with Crippen LogP contribution in [0.25, 0.3) is 0 Å². The van der Waals surface area contributed by atoms with Gasteiger partial charge in [0.15, 0.2) is 0 Å². The number of phenols is 1. The average Bonchev–Trinajstić information content (AvgIpc) is 2.39. The van der Waals surface area contributed by atoms with Crippen LogP contribution in [0.15, 0.2) is 48.5 Å². The van der Waals surface area contributed by atoms with Gasteiger partial charge in [-0.1, -0.05) is 24.3 Å². The summed E-state index contributed by atoms with van der Waals surface area (Å²) in [6.07, 6.45) is 0. The van der Waals surface area contributed by atoms with E-state index in [1.165, 1.54) is 12.1 Å². The Morgan fingerprint density at radius 2 is 1.95 bits per heavy atom. The molecule has 0 aliphatic carbocycles. The van der Waals surface area contributed by atoms with Crippen LogP contribution in [0.1, 0.15) is 28.9 Å². The van der Waals surface area contributed by atoms with Crippen molar-refractivity contribution in [1.29, 1.82) is 0 Å². The van der Waals surface area contributed by atoms with E-state index in [-0.39, 0.29) is 17.7 Å². The van der Waals surface area contributed by atoms with Gasteiger partial charge in [-0.05, 0) is 36.8 Å². The van der Waals surface area contributed by atoms with Crippen LogP contribution < -0.4 is 11.1 Å². The number of amides is 1. The van der Waals surface area contributed by atoms with E-state index in [0.29, 0.717) is 11.3 Å². The molecule has 0 radical (unpaired) electrons. The number of anilines is 1. The van der Waals surface area contributed by atoms with Crippen molar-refractivity contribution >= 4 is 11.6 Å². The lowest BCUT2D eigenvalue weighted by molar-refractivity contribution is 0.0939. The van der Waals surface area contributed by atoms with Gasteiger partial charge in [-0.25, -0.2) is 0 Å². The quantitative estimate of drug-likeness (QED) is 0.738. The summed E-state index contributed by atoms with van der Waals surface area (Å²) in [4.78, 5) is 12.0. The van der Waals surface area contributed by atoms with E-state index in [4.69, 9.17) is 5.73 Å². The molecular weight excluding hydrogens is 240 g/mol. The molecule has 0 fully saturated rings. The van der Waals surface area contributed by atoms with Crippen LogP contribution in [0.3, 0.4) is 0 Å². The summed E-state index contributed by atoms with van der Waals surface area (Å²) >= 11 is 0. The second kappa shape index (κ2) is 5.44. The maximum atomic E-state index is 12.0. The van der Waals surface area contributed by atoms with Gasteiger partial charge in [-0.2, -0.15) is 0 Å². The molecule has 0 aromatic heterocycles. The highest BCUT2D eigenvalue weighted by Gasteiger charge is 2.13. The number of aromatic hydroxyl groups is 1. The zero-order valence-electron chi connectivity index (χ0n) is 10.6. The number of nitrogen functional groups attached to an aromatic ring is 1. The summed E-state index contributed by atoms with van der Waals surface area (Å²) in [5, 5.41) is 12.2. The Kier molecular flexibility index (Phi) is 3.71. The third-order valence-corrected chi connectivity index (χ3v) is 2.92. The molecule has 4 nitrogen and oxygen atoms in total. The maximum Gasteiger partial charge on any atom is 0.251 e. The molecule has 0 heterocycles. The van der Waals surface area contributed by atoms with Gasteiger partial charge >= 0.3 is 0 Å². The summed E-state index contributed by atoms with van der Waals surface area (Å²) in [7, 11) is 0. The lowest BCUT2D eigenvalue weighted by atomic mass is 10.1. The first-order valence-electron chi connectivity index (χ1n) is 6.02. The largest absolute Gasteiger partial charge is 0.508 e. The molecule has 2 aromatic carbocycles. The van der Waals surface area contributed by atoms with Gasteiger partial charge in [0.2, 0.25) is 0 Å². The highest BCUT2D eigenvalue weighted by molar-refractivity contribution is 5.94. The van der Waals surface area contributed by atoms with Crippen molar-refractivity contribution in [2.75, 3.05) is 5.73 Å². The van der Waals surface area contributed by atoms with Crippen LogP contribution in [0.4, 0.5) is 5.69 Å². The first kappa shape index (κ1) is 13.0. The number of nitrogens with one attached hydrogen (secondary N) is 1. The molecule has 0 spiro atoms. The minimum absolute atomic E-state index is 0.0690. The summed E-state index contributed by atoms with van der Waals surface area (Å²) < 4.78 is 0. The lowest BCUT2D eigenvalue weighted by Crippen LogP contribution is -2.27. The molecule has 19 heavy (non-hydrogen) atoms. The van der Waals surface area contributed by atoms with Gasteiger partial charge in [0.1, 0.15) is 5.75 Å². The molecule has 2 rings (SSSR count). The molecule has 98 valence electrons. The van der Waals surface area contributed by atoms with Crippen molar-refractivity contribution in [3.05, 3.63) is 59.7 Å². The standard InChI is InChI=1S/C15H16N2O2/c1-10(13-7-2-3-8-14(13)16)17-15(19)11-5-4-6-12(18)9-11/h2-10,18H,16H2,1H3,(H,17,19). The monoisotopic (exact) mass is 256 g/mol. The molecule has 0 aliphatic rings. The first-order valence-corrected chi connectivity index (χ1v) is 6.02. The van der Waals surface area contributed by atoms with Crippen LogP contribution in [-0.4, -0.2) is 11.0 Å². The highest BCUT2D eigenvalue weighted by atomic mass is 16.3. The summed E-state index contributed by atoms with van der Waals surface area (Å²) in [6.45, 7) is 1.87. The lowest BCUT2D eigenvalue weighted by Gasteiger charge is -2.16. The molecule has 4 heteroatoms. The molecule has 1 unspecified atom stereocenters. The predicted molar refractivity (Wildman–Crippen MR) is 74.8 cm³/mol. The van der Waals surface area contributed by atoms with Crippen molar-refractivity contribution in [2.24, 2.45) is 0 Å². The van der Waals surface area contributed by atoms with E-state index in [1.54, 1.807) is 18.2 Å². The second-order valence-corrected chi connectivity index (χ2v) is 4.37. The van der Waals surface area contributed by atoms with E-state index >= 15 is 0 Å². The fourth-order valence-electron chi connectivity index (χ4n) is 1.91. The Labute approximate surface area is 111 Å². The van der Waals surface area contributed by atoms with Crippen molar-refractivity contribution in [3.8, 4) is 5.75 Å². The zero-order valence-corrected chi connectivity index (χ0v) is 10.6. The number of benzene rings is 2. The number of phenolic OH excluding ortho intramolecular Hbond substituents is 1. The normalized spacial score (nSPS) is 11.8. The van der Waals surface area contributed by atoms with Crippen LogP contribution in [0.5, 0.6) is 5.75 Å². The maximum absolute atomic E-state index is 12.0. The summed E-state index contributed by atoms with van der Waals surface area (Å²) in [5.41, 5.74) is 7.80. The second-order valence-electron chi connectivity index (χ2n) is 4.37. The molecule has 0 aliphatic heterocycles. The number of para-hydroxylation sites is 1. The van der Waals surface area contributed by atoms with Crippen molar-refractivity contribution in [1.82, 2.24) is 5.32 Å². The number of carbonyl (C=O) groups excluding carboxylic acids is 1. The Morgan fingerprint density at radius 3 is 2.63 bits per heavy atom. The van der Waals surface area contributed by atoms with E-state index in [9.17, 15) is 9.90 Å². The molecular formula is C15H16N2O2. The SMILES string of the molecule is CC(NC(=O)c1cccc(O)c1)c1ccccc1N. The van der Waals surface area contributed by atoms with Crippen molar-refractivity contribution in [3.63, 3.8) is 0 Å². The van der Waals surface area contributed by atoms with Crippen LogP contribution in [0, 0.1) is 0 Å². The van der Waals surface area contributed by atoms with Gasteiger partial charge in [0.05, 0.1) is 6.04 Å². The van der Waals surface area contributed by atoms with Crippen LogP contribution in [-0.2, 0) is 0 Å². The third-order valence-electron chi connectivity index (χ3n) is 2.92. The van der Waals surface area contributed by atoms with Gasteiger partial charge in [-0.15, -0.1) is 0 Å². The van der Waals surface area contributed by atoms with Crippen molar-refractivity contribution < 1.29 is 9.90 Å². The Hall–Kier alpha value is -2.49. The number of hydrogen-bond acceptors (Lipinski definition) is 3. The Morgan fingerprint density at radius 1 is 1.21 bits per heavy atom. The fraction of sp³-hybridized carbons (Fsp3) is 0.133. The Bertz CT molecular complexity index is 596. The molecule has 2 aromatic rings. The van der Waals surface area contributed by atoms with E-state index in [2.05, 4.69) is 5.32 Å². The number of carbonyl (C=O) groups is 1. The minimum Gasteiger partial charge on any atom is -0.508 e. The molecule has 0 saturated heterocycles. The summed E-state index contributed by atoms with van der Waals surface area (Å²) in [6, 6.07) is 13.4. The van der Waals surface area contributed by atoms with E-state index < -0.39 is 0 Å². The highest BCUT2D eigenvalue weighted by Crippen LogP contribution is 2.20. The van der Waals surface area contributed by atoms with E-state index in [0.717, 1.165) is 5.56 Å². The summed E-state index contributed by atoms with van der Waals surface area (Å²) in [5.74, 6) is -0.175. The molecule has 1 atom stereocenters. The van der Waals surface area contributed by atoms with Gasteiger partial charge in [0.25, 0.3) is 5.91 Å². The van der Waals surface area contributed by atoms with E-state index in [1.807, 2.05) is 25.1 Å². The Balaban J connectivity index is 2.13. The van der Waals surface area contributed by atoms with Crippen molar-refractivity contribution in [2.45, 2.75) is 13.0 Å². The number of nitrogens with two attached hydrogens (primary N) is 1. The molecule has 4 N–H and O–H groups in total. The first-order chi connectivity index (χ1) is 9.08. The van der Waals surface area contributed by atoms with Crippen LogP contribution >= 0.6 is 0 Å². The smallest absolute Gasteiger partial charge is 0.251 e. The van der Waals surface area contributed by atoms with Gasteiger partial charge in [0, 0.05) is 11.3 Å². The predicted octanol–water partition coefficient (Wildman–Crippen LogP) is 2.47. The molecule has 0 bridgehead atoms. The minimum atomic E-state index is -0.244. The number of hydrogen-bond donors (Lipinski definition) is 3. The van der Waals surface area contributed by atoms with Crippen LogP contribution in [0.2, 0.25) is 0 Å². The zero-order chi connectivity index (χ0) is 13.8.